The van der Waals surface area contributed by atoms with Gasteiger partial charge in [0.1, 0.15) is 11.5 Å². The first-order chi connectivity index (χ1) is 41.4. The second kappa shape index (κ2) is 26.7. The number of phenolic OH excluding ortho intramolecular Hbond substituents is 2. The molecule has 0 radical (unpaired) electrons. The van der Waals surface area contributed by atoms with Gasteiger partial charge in [0.05, 0.1) is 42.1 Å². The minimum Gasteiger partial charge on any atom is -0.507 e. The van der Waals surface area contributed by atoms with Gasteiger partial charge in [-0.2, -0.15) is 0 Å². The molecule has 23 nitrogen and oxygen atoms in total. The van der Waals surface area contributed by atoms with Gasteiger partial charge in [0.2, 0.25) is 0 Å². The predicted octanol–water partition coefficient (Wildman–Crippen LogP) is 8.01. The Kier molecular flexibility index (Phi) is 20.3. The number of rotatable bonds is 7. The summed E-state index contributed by atoms with van der Waals surface area (Å²) in [6, 6.07) is 29.2. The Morgan fingerprint density at radius 3 is 1.08 bits per heavy atom. The van der Waals surface area contributed by atoms with Crippen molar-refractivity contribution in [1.29, 1.82) is 0 Å². The monoisotopic (exact) mass is 1220 g/mol. The van der Waals surface area contributed by atoms with Crippen LogP contribution in [0.3, 0.4) is 0 Å². The average molecular weight is 1220 g/mol. The van der Waals surface area contributed by atoms with E-state index in [-0.39, 0.29) is 93.4 Å². The van der Waals surface area contributed by atoms with Gasteiger partial charge in [-0.25, -0.2) is 0 Å². The Hall–Kier alpha value is -10.5. The van der Waals surface area contributed by atoms with E-state index in [1.807, 2.05) is 37.3 Å². The molecule has 0 atom stereocenters. The molecule has 5 aliphatic heterocycles. The van der Waals surface area contributed by atoms with Crippen molar-refractivity contribution in [2.45, 2.75) is 85.5 Å². The second-order valence-electron chi connectivity index (χ2n) is 23.5. The van der Waals surface area contributed by atoms with Crippen LogP contribution in [0, 0.1) is 6.92 Å². The summed E-state index contributed by atoms with van der Waals surface area (Å²) in [4.78, 5) is 115. The third-order valence-electron chi connectivity index (χ3n) is 14.2. The lowest BCUT2D eigenvalue weighted by Gasteiger charge is -2.26. The van der Waals surface area contributed by atoms with Crippen molar-refractivity contribution < 1.29 is 88.5 Å². The number of methoxy groups -OCH3 is 2. The molecule has 0 fully saturated rings. The Morgan fingerprint density at radius 2 is 0.719 bits per heavy atom. The summed E-state index contributed by atoms with van der Waals surface area (Å²) in [5.41, 5.74) is 7.64. The van der Waals surface area contributed by atoms with Crippen molar-refractivity contribution in [3.05, 3.63) is 184 Å². The molecule has 5 aromatic carbocycles. The number of nitrogens with zero attached hydrogens (tertiary/aromatic N) is 5. The van der Waals surface area contributed by atoms with Gasteiger partial charge in [-0.15, -0.1) is 20.3 Å². The number of likely N-dealkylation sites (N-methyl/N-ethyl adjacent to an activating group) is 1. The van der Waals surface area contributed by atoms with Crippen LogP contribution in [0.4, 0.5) is 0 Å². The van der Waals surface area contributed by atoms with Gasteiger partial charge in [0.25, 0.3) is 59.1 Å². The number of hydrogen-bond acceptors (Lipinski definition) is 18. The smallest absolute Gasteiger partial charge is 0.285 e. The van der Waals surface area contributed by atoms with Crippen molar-refractivity contribution in [3.63, 3.8) is 0 Å². The Bertz CT molecular complexity index is 3790. The maximum absolute atomic E-state index is 12.0. The van der Waals surface area contributed by atoms with Crippen molar-refractivity contribution in [2.75, 3.05) is 21.3 Å². The van der Waals surface area contributed by atoms with E-state index in [4.69, 9.17) is 25.1 Å². The lowest BCUT2D eigenvalue weighted by atomic mass is 9.79. The Labute approximate surface area is 512 Å². The van der Waals surface area contributed by atoms with Crippen LogP contribution in [-0.4, -0.2) is 137 Å². The highest BCUT2D eigenvalue weighted by atomic mass is 16.5. The molecular weight excluding hydrogens is 1150 g/mol. The van der Waals surface area contributed by atoms with E-state index in [1.54, 1.807) is 43.5 Å². The molecule has 0 unspecified atom stereocenters. The molecule has 23 heteroatoms. The molecule has 10 rings (SSSR count). The number of phenols is 2. The molecule has 89 heavy (non-hydrogen) atoms. The standard InChI is InChI=1S/C18H23NO3.C14H15NO3.C13H13NO3.C11H9NO5.C10H7NO4/c1-17(2,3)12-7-11(8-13(9-12)18(4,5)6)14-10-15(20)19(22)16(14)21;1-14(2,3)10-6-4-9(5-7-10)11-8-12(16)15(18)13(11)17;1-8-6-9(4-5-11(8)17-3)10-7-12(15)14(2)13(10)16;1-17-9-3-2-6(4-8(9)13)7-5-10(14)12(16)11(7)15;12-8-4-2-1-3-6(8)7-5-9(13)11(15)10(7)14/h7-10,22H,1-6H3;4-8,18H,1-3H3;4-7H,1-3H3;2-5,13,16H,1H3;1-5,12,15H. The van der Waals surface area contributed by atoms with Gasteiger partial charge < -0.3 is 19.7 Å². The molecule has 0 bridgehead atoms. The normalized spacial score (nSPS) is 15.8. The Balaban J connectivity index is 0.000000178. The largest absolute Gasteiger partial charge is 0.507 e. The quantitative estimate of drug-likeness (QED) is 0.0663. The zero-order valence-electron chi connectivity index (χ0n) is 51.0. The van der Waals surface area contributed by atoms with E-state index >= 15 is 0 Å². The number of aromatic hydroxyl groups is 2. The highest BCUT2D eigenvalue weighted by molar-refractivity contribution is 6.35. The number of ether oxygens (including phenoxy) is 2. The number of aryl methyl sites for hydroxylation is 1. The summed E-state index contributed by atoms with van der Waals surface area (Å²) in [5.74, 6) is -5.79. The fraction of sp³-hybridized carbons (Fsp3) is 0.242. The summed E-state index contributed by atoms with van der Waals surface area (Å²) in [6.45, 7) is 20.8. The third-order valence-corrected chi connectivity index (χ3v) is 14.2. The molecule has 0 saturated carbocycles. The van der Waals surface area contributed by atoms with E-state index in [1.165, 1.54) is 56.6 Å². The van der Waals surface area contributed by atoms with E-state index < -0.39 is 47.3 Å². The molecular formula is C66H67N5O18. The van der Waals surface area contributed by atoms with Gasteiger partial charge in [0, 0.05) is 43.0 Å². The molecule has 0 aromatic heterocycles. The maximum Gasteiger partial charge on any atom is 0.285 e. The van der Waals surface area contributed by atoms with Crippen LogP contribution in [0.2, 0.25) is 0 Å². The highest BCUT2D eigenvalue weighted by Crippen LogP contribution is 2.36. The molecule has 0 spiro atoms. The first-order valence-electron chi connectivity index (χ1n) is 27.2. The Morgan fingerprint density at radius 1 is 0.360 bits per heavy atom. The first kappa shape index (κ1) is 67.7. The van der Waals surface area contributed by atoms with E-state index in [0.717, 1.165) is 56.7 Å². The number of para-hydroxylation sites is 1. The lowest BCUT2D eigenvalue weighted by Crippen LogP contribution is -2.26. The molecule has 0 saturated heterocycles. The number of imide groups is 5. The first-order valence-corrected chi connectivity index (χ1v) is 27.2. The number of hydroxylamine groups is 8. The van der Waals surface area contributed by atoms with Crippen molar-refractivity contribution in [1.82, 2.24) is 25.2 Å². The van der Waals surface area contributed by atoms with Gasteiger partial charge in [-0.1, -0.05) is 135 Å². The van der Waals surface area contributed by atoms with Crippen LogP contribution < -0.4 is 9.47 Å². The van der Waals surface area contributed by atoms with E-state index in [2.05, 4.69) is 68.4 Å². The number of hydrogen-bond donors (Lipinski definition) is 6. The molecule has 6 N–H and O–H groups in total. The summed E-state index contributed by atoms with van der Waals surface area (Å²) >= 11 is 0. The number of benzene rings is 5. The summed E-state index contributed by atoms with van der Waals surface area (Å²) in [7, 11) is 4.47. The molecule has 5 aliphatic rings. The van der Waals surface area contributed by atoms with E-state index in [0.29, 0.717) is 22.3 Å². The second-order valence-corrected chi connectivity index (χ2v) is 23.5. The zero-order valence-corrected chi connectivity index (χ0v) is 51.0. The number of carbonyl (C=O) groups excluding carboxylic acids is 10. The molecule has 5 heterocycles. The molecule has 5 aromatic rings. The average Bonchev–Trinajstić information content (AvgIpc) is 2.35. The fourth-order valence-corrected chi connectivity index (χ4v) is 8.83. The van der Waals surface area contributed by atoms with Crippen LogP contribution in [0.15, 0.2) is 134 Å². The van der Waals surface area contributed by atoms with Gasteiger partial charge >= 0.3 is 0 Å². The lowest BCUT2D eigenvalue weighted by molar-refractivity contribution is -0.169. The SMILES string of the molecule is CC(C)(C)c1cc(C2=CC(=O)N(O)C2=O)cc(C(C)(C)C)c1.CC(C)(C)c1ccc(C2=CC(=O)N(O)C2=O)cc1.COc1ccc(C2=CC(=O)N(C)C2=O)cc1C.COc1ccc(C2=CC(=O)N(O)C2=O)cc1O.O=C1C=C(c2ccccc2O)C(=O)N1O. The molecule has 0 aliphatic carbocycles. The zero-order chi connectivity index (χ0) is 66.5. The van der Waals surface area contributed by atoms with Crippen molar-refractivity contribution in [3.8, 4) is 23.0 Å². The molecule has 464 valence electrons. The van der Waals surface area contributed by atoms with Crippen LogP contribution >= 0.6 is 0 Å². The summed E-state index contributed by atoms with van der Waals surface area (Å²) in [6.07, 6.45) is 5.69. The van der Waals surface area contributed by atoms with Gasteiger partial charge in [0.15, 0.2) is 11.5 Å². The highest BCUT2D eigenvalue weighted by Gasteiger charge is 2.36. The fourth-order valence-electron chi connectivity index (χ4n) is 8.83. The minimum absolute atomic E-state index is 0.0133. The van der Waals surface area contributed by atoms with Gasteiger partial charge in [-0.05, 0) is 98.0 Å². The van der Waals surface area contributed by atoms with Crippen LogP contribution in [0.5, 0.6) is 23.0 Å². The van der Waals surface area contributed by atoms with Crippen molar-refractivity contribution >= 4 is 86.9 Å². The van der Waals surface area contributed by atoms with Crippen molar-refractivity contribution in [2.24, 2.45) is 0 Å². The predicted molar refractivity (Wildman–Crippen MR) is 322 cm³/mol. The molecule has 10 amide bonds. The van der Waals surface area contributed by atoms with Crippen LogP contribution in [0.25, 0.3) is 27.9 Å². The van der Waals surface area contributed by atoms with E-state index in [9.17, 15) is 63.4 Å². The summed E-state index contributed by atoms with van der Waals surface area (Å²) in [5, 5.41) is 56.0. The van der Waals surface area contributed by atoms with Crippen LogP contribution in [-0.2, 0) is 64.2 Å². The minimum atomic E-state index is -0.832. The number of amides is 10. The van der Waals surface area contributed by atoms with Crippen LogP contribution in [0.1, 0.15) is 112 Å². The summed E-state index contributed by atoms with van der Waals surface area (Å²) < 4.78 is 10.0. The topological polar surface area (TPSA) is 327 Å². The maximum atomic E-state index is 12.0. The third kappa shape index (κ3) is 15.2. The van der Waals surface area contributed by atoms with Gasteiger partial charge in [-0.3, -0.25) is 73.7 Å². The number of carbonyl (C=O) groups is 10.